The maximum atomic E-state index is 12.1. The first-order valence-electron chi connectivity index (χ1n) is 9.94. The summed E-state index contributed by atoms with van der Waals surface area (Å²) in [6.45, 7) is 0.476. The van der Waals surface area contributed by atoms with Crippen LogP contribution in [0.15, 0.2) is 30.3 Å². The number of hydrogen-bond acceptors (Lipinski definition) is 3. The lowest BCUT2D eigenvalue weighted by Crippen LogP contribution is -2.47. The molecule has 1 unspecified atom stereocenters. The van der Waals surface area contributed by atoms with Crippen LogP contribution in [-0.4, -0.2) is 30.3 Å². The highest BCUT2D eigenvalue weighted by atomic mass is 16.2. The van der Waals surface area contributed by atoms with Crippen molar-refractivity contribution in [3.63, 3.8) is 0 Å². The molecular weight excluding hydrogens is 342 g/mol. The number of nitrogens with two attached hydrogens (primary N) is 1. The smallest absolute Gasteiger partial charge is 0.240 e. The highest BCUT2D eigenvalue weighted by Gasteiger charge is 2.22. The van der Waals surface area contributed by atoms with Crippen LogP contribution in [0, 0.1) is 5.92 Å². The molecule has 1 aliphatic rings. The molecule has 1 aliphatic carbocycles. The normalized spacial score (nSPS) is 15.3. The number of primary amides is 1. The van der Waals surface area contributed by atoms with Gasteiger partial charge >= 0.3 is 0 Å². The van der Waals surface area contributed by atoms with E-state index < -0.39 is 11.9 Å². The molecule has 4 N–H and O–H groups in total. The van der Waals surface area contributed by atoms with Crippen molar-refractivity contribution in [3.05, 3.63) is 35.9 Å². The molecule has 0 saturated heterocycles. The number of carbonyl (C=O) groups excluding carboxylic acids is 3. The van der Waals surface area contributed by atoms with Gasteiger partial charge in [0.25, 0.3) is 0 Å². The summed E-state index contributed by atoms with van der Waals surface area (Å²) in [6, 6.07) is 8.86. The van der Waals surface area contributed by atoms with E-state index in [0.29, 0.717) is 19.4 Å². The summed E-state index contributed by atoms with van der Waals surface area (Å²) in [5.74, 6) is -0.452. The first kappa shape index (κ1) is 20.9. The minimum Gasteiger partial charge on any atom is -0.368 e. The summed E-state index contributed by atoms with van der Waals surface area (Å²) in [4.78, 5) is 35.7. The Balaban J connectivity index is 1.66. The molecule has 1 aromatic carbocycles. The average molecular weight is 373 g/mol. The number of rotatable bonds is 11. The number of hydrogen-bond donors (Lipinski definition) is 3. The number of carbonyl (C=O) groups is 3. The molecule has 3 amide bonds. The largest absolute Gasteiger partial charge is 0.368 e. The monoisotopic (exact) mass is 373 g/mol. The van der Waals surface area contributed by atoms with E-state index in [0.717, 1.165) is 24.3 Å². The zero-order chi connectivity index (χ0) is 19.5. The number of nitrogens with one attached hydrogen (secondary N) is 2. The van der Waals surface area contributed by atoms with Gasteiger partial charge in [0.1, 0.15) is 6.04 Å². The van der Waals surface area contributed by atoms with E-state index in [1.807, 2.05) is 30.3 Å². The van der Waals surface area contributed by atoms with Crippen molar-refractivity contribution in [2.75, 3.05) is 6.54 Å². The summed E-state index contributed by atoms with van der Waals surface area (Å²) in [7, 11) is 0. The molecule has 0 heterocycles. The molecule has 27 heavy (non-hydrogen) atoms. The third kappa shape index (κ3) is 8.24. The van der Waals surface area contributed by atoms with Crippen LogP contribution in [0.2, 0.25) is 0 Å². The minimum absolute atomic E-state index is 0.126. The van der Waals surface area contributed by atoms with Crippen molar-refractivity contribution in [2.24, 2.45) is 11.7 Å². The molecule has 1 fully saturated rings. The Labute approximate surface area is 161 Å². The van der Waals surface area contributed by atoms with Crippen LogP contribution in [0.5, 0.6) is 0 Å². The Morgan fingerprint density at radius 1 is 1.07 bits per heavy atom. The Kier molecular flexibility index (Phi) is 8.81. The van der Waals surface area contributed by atoms with Gasteiger partial charge in [0.05, 0.1) is 6.42 Å². The number of amides is 3. The van der Waals surface area contributed by atoms with Crippen molar-refractivity contribution < 1.29 is 14.4 Å². The van der Waals surface area contributed by atoms with Gasteiger partial charge in [-0.05, 0) is 30.7 Å². The van der Waals surface area contributed by atoms with Crippen molar-refractivity contribution in [2.45, 2.75) is 63.8 Å². The lowest BCUT2D eigenvalue weighted by molar-refractivity contribution is -0.130. The summed E-state index contributed by atoms with van der Waals surface area (Å²) in [5.41, 5.74) is 6.47. The quantitative estimate of drug-likeness (QED) is 0.553. The van der Waals surface area contributed by atoms with Gasteiger partial charge in [0, 0.05) is 13.0 Å². The maximum Gasteiger partial charge on any atom is 0.240 e. The molecule has 0 aromatic heterocycles. The Morgan fingerprint density at radius 2 is 1.78 bits per heavy atom. The predicted octanol–water partition coefficient (Wildman–Crippen LogP) is 2.07. The van der Waals surface area contributed by atoms with Crippen molar-refractivity contribution >= 4 is 17.7 Å². The van der Waals surface area contributed by atoms with E-state index in [1.165, 1.54) is 25.7 Å². The van der Waals surface area contributed by atoms with Gasteiger partial charge in [0.2, 0.25) is 17.7 Å². The summed E-state index contributed by atoms with van der Waals surface area (Å²) < 4.78 is 0. The third-order valence-electron chi connectivity index (χ3n) is 5.14. The van der Waals surface area contributed by atoms with Crippen LogP contribution in [0.1, 0.15) is 56.9 Å². The summed E-state index contributed by atoms with van der Waals surface area (Å²) in [5, 5.41) is 5.38. The fourth-order valence-electron chi connectivity index (χ4n) is 3.59. The van der Waals surface area contributed by atoms with E-state index in [4.69, 9.17) is 5.73 Å². The van der Waals surface area contributed by atoms with Crippen LogP contribution in [0.3, 0.4) is 0 Å². The van der Waals surface area contributed by atoms with E-state index in [2.05, 4.69) is 10.6 Å². The lowest BCUT2D eigenvalue weighted by atomic mass is 10.0. The fraction of sp³-hybridized carbons (Fsp3) is 0.571. The zero-order valence-electron chi connectivity index (χ0n) is 15.9. The molecule has 0 spiro atoms. The lowest BCUT2D eigenvalue weighted by Gasteiger charge is -2.16. The average Bonchev–Trinajstić information content (AvgIpc) is 3.15. The zero-order valence-corrected chi connectivity index (χ0v) is 15.9. The van der Waals surface area contributed by atoms with Gasteiger partial charge < -0.3 is 16.4 Å². The van der Waals surface area contributed by atoms with Crippen LogP contribution in [0.25, 0.3) is 0 Å². The Bertz CT molecular complexity index is 612. The SMILES string of the molecule is NC(=O)C(CC(=O)NCCc1ccccc1)NC(=O)CCCC1CCCC1. The van der Waals surface area contributed by atoms with Gasteiger partial charge in [-0.2, -0.15) is 0 Å². The molecule has 148 valence electrons. The van der Waals surface area contributed by atoms with E-state index >= 15 is 0 Å². The third-order valence-corrected chi connectivity index (χ3v) is 5.14. The molecule has 6 nitrogen and oxygen atoms in total. The second-order valence-corrected chi connectivity index (χ2v) is 7.35. The van der Waals surface area contributed by atoms with E-state index in [-0.39, 0.29) is 18.2 Å². The molecule has 0 aliphatic heterocycles. The molecule has 1 atom stereocenters. The van der Waals surface area contributed by atoms with Gasteiger partial charge in [-0.15, -0.1) is 0 Å². The van der Waals surface area contributed by atoms with Crippen LogP contribution < -0.4 is 16.4 Å². The molecular formula is C21H31N3O3. The maximum absolute atomic E-state index is 12.1. The Morgan fingerprint density at radius 3 is 2.44 bits per heavy atom. The van der Waals surface area contributed by atoms with Gasteiger partial charge in [0.15, 0.2) is 0 Å². The van der Waals surface area contributed by atoms with E-state index in [1.54, 1.807) is 0 Å². The standard InChI is InChI=1S/C21H31N3O3/c22-21(27)18(24-19(25)12-6-11-16-9-4-5-10-16)15-20(26)23-14-13-17-7-2-1-3-8-17/h1-3,7-8,16,18H,4-6,9-15H2,(H2,22,27)(H,23,26)(H,24,25). The van der Waals surface area contributed by atoms with Crippen molar-refractivity contribution in [1.82, 2.24) is 10.6 Å². The highest BCUT2D eigenvalue weighted by molar-refractivity contribution is 5.91. The molecule has 6 heteroatoms. The summed E-state index contributed by atoms with van der Waals surface area (Å²) in [6.07, 6.45) is 7.92. The molecule has 2 rings (SSSR count). The van der Waals surface area contributed by atoms with Crippen molar-refractivity contribution in [1.29, 1.82) is 0 Å². The molecule has 1 aromatic rings. The van der Waals surface area contributed by atoms with E-state index in [9.17, 15) is 14.4 Å². The van der Waals surface area contributed by atoms with Gasteiger partial charge in [-0.3, -0.25) is 14.4 Å². The Hall–Kier alpha value is -2.37. The van der Waals surface area contributed by atoms with Crippen LogP contribution >= 0.6 is 0 Å². The van der Waals surface area contributed by atoms with Crippen molar-refractivity contribution in [3.8, 4) is 0 Å². The second kappa shape index (κ2) is 11.4. The minimum atomic E-state index is -0.958. The van der Waals surface area contributed by atoms with Crippen LogP contribution in [-0.2, 0) is 20.8 Å². The molecule has 0 radical (unpaired) electrons. The summed E-state index contributed by atoms with van der Waals surface area (Å²) >= 11 is 0. The molecule has 1 saturated carbocycles. The molecule has 0 bridgehead atoms. The van der Waals surface area contributed by atoms with Gasteiger partial charge in [-0.25, -0.2) is 0 Å². The fourth-order valence-corrected chi connectivity index (χ4v) is 3.59. The first-order valence-corrected chi connectivity index (χ1v) is 9.94. The van der Waals surface area contributed by atoms with Gasteiger partial charge in [-0.1, -0.05) is 56.0 Å². The highest BCUT2D eigenvalue weighted by Crippen LogP contribution is 2.28. The number of benzene rings is 1. The second-order valence-electron chi connectivity index (χ2n) is 7.35. The first-order chi connectivity index (χ1) is 13.0. The van der Waals surface area contributed by atoms with Crippen LogP contribution in [0.4, 0.5) is 0 Å². The predicted molar refractivity (Wildman–Crippen MR) is 105 cm³/mol. The topological polar surface area (TPSA) is 101 Å².